The maximum Gasteiger partial charge on any atom is 0.373 e. The lowest BCUT2D eigenvalue weighted by Crippen LogP contribution is -2.37. The fourth-order valence-electron chi connectivity index (χ4n) is 2.19. The van der Waals surface area contributed by atoms with Crippen molar-refractivity contribution in [3.05, 3.63) is 11.3 Å². The zero-order valence-electron chi connectivity index (χ0n) is 10.2. The third-order valence-corrected chi connectivity index (χ3v) is 3.08. The number of esters is 1. The van der Waals surface area contributed by atoms with Gasteiger partial charge in [0.1, 0.15) is 0 Å². The van der Waals surface area contributed by atoms with Gasteiger partial charge in [0.2, 0.25) is 5.76 Å². The standard InChI is InChI=1S/C12H16O6/c1-2-16-11(15)10(14)8-7-12(4-3-9(8)13)17-5-6-18-12/h14H,2-7H2,1H3. The second kappa shape index (κ2) is 5.07. The van der Waals surface area contributed by atoms with E-state index in [0.29, 0.717) is 19.6 Å². The molecule has 0 atom stereocenters. The van der Waals surface area contributed by atoms with Crippen LogP contribution in [0.2, 0.25) is 0 Å². The summed E-state index contributed by atoms with van der Waals surface area (Å²) in [6, 6.07) is 0. The van der Waals surface area contributed by atoms with Crippen LogP contribution in [0.4, 0.5) is 0 Å². The molecule has 0 aromatic rings. The third kappa shape index (κ3) is 2.39. The van der Waals surface area contributed by atoms with Gasteiger partial charge in [-0.3, -0.25) is 4.79 Å². The predicted molar refractivity (Wildman–Crippen MR) is 59.8 cm³/mol. The van der Waals surface area contributed by atoms with Crippen molar-refractivity contribution in [2.45, 2.75) is 32.0 Å². The fraction of sp³-hybridized carbons (Fsp3) is 0.667. The number of ether oxygens (including phenoxy) is 3. The average molecular weight is 256 g/mol. The molecular weight excluding hydrogens is 240 g/mol. The summed E-state index contributed by atoms with van der Waals surface area (Å²) < 4.78 is 15.6. The quantitative estimate of drug-likeness (QED) is 0.448. The molecule has 1 heterocycles. The third-order valence-electron chi connectivity index (χ3n) is 3.08. The van der Waals surface area contributed by atoms with Crippen LogP contribution in [0.5, 0.6) is 0 Å². The molecule has 0 unspecified atom stereocenters. The number of hydrogen-bond donors (Lipinski definition) is 1. The first-order valence-electron chi connectivity index (χ1n) is 5.98. The van der Waals surface area contributed by atoms with Gasteiger partial charge in [-0.25, -0.2) is 4.79 Å². The lowest BCUT2D eigenvalue weighted by molar-refractivity contribution is -0.171. The van der Waals surface area contributed by atoms with E-state index in [1.165, 1.54) is 0 Å². The first-order chi connectivity index (χ1) is 8.58. The van der Waals surface area contributed by atoms with Crippen LogP contribution in [0.15, 0.2) is 11.3 Å². The van der Waals surface area contributed by atoms with Crippen LogP contribution in [-0.4, -0.2) is 42.5 Å². The van der Waals surface area contributed by atoms with Crippen molar-refractivity contribution < 1.29 is 28.9 Å². The average Bonchev–Trinajstić information content (AvgIpc) is 2.81. The summed E-state index contributed by atoms with van der Waals surface area (Å²) >= 11 is 0. The second-order valence-electron chi connectivity index (χ2n) is 4.26. The minimum atomic E-state index is -0.879. The van der Waals surface area contributed by atoms with E-state index >= 15 is 0 Å². The molecule has 1 aliphatic heterocycles. The molecule has 1 spiro atoms. The minimum absolute atomic E-state index is 0.0431. The summed E-state index contributed by atoms with van der Waals surface area (Å²) in [5.74, 6) is -2.62. The van der Waals surface area contributed by atoms with Crippen LogP contribution in [0.1, 0.15) is 26.2 Å². The molecule has 0 aromatic heterocycles. The van der Waals surface area contributed by atoms with Crippen LogP contribution >= 0.6 is 0 Å². The summed E-state index contributed by atoms with van der Waals surface area (Å²) in [5.41, 5.74) is 0.0431. The number of Topliss-reactive ketones (excluding diaryl/α,β-unsaturated/α-hetero) is 1. The first-order valence-corrected chi connectivity index (χ1v) is 5.98. The Bertz CT molecular complexity index is 391. The van der Waals surface area contributed by atoms with E-state index in [1.54, 1.807) is 6.92 Å². The normalized spacial score (nSPS) is 25.3. The molecule has 0 aromatic carbocycles. The zero-order chi connectivity index (χ0) is 13.2. The van der Waals surface area contributed by atoms with Gasteiger partial charge in [0.05, 0.1) is 19.8 Å². The van der Waals surface area contributed by atoms with Crippen molar-refractivity contribution >= 4 is 11.8 Å². The molecule has 100 valence electrons. The molecule has 1 saturated carbocycles. The van der Waals surface area contributed by atoms with Crippen molar-refractivity contribution in [3.63, 3.8) is 0 Å². The zero-order valence-corrected chi connectivity index (χ0v) is 10.2. The second-order valence-corrected chi connectivity index (χ2v) is 4.26. The lowest BCUT2D eigenvalue weighted by atomic mass is 9.87. The number of hydrogen-bond acceptors (Lipinski definition) is 6. The summed E-state index contributed by atoms with van der Waals surface area (Å²) in [6.45, 7) is 2.69. The molecule has 1 aliphatic carbocycles. The Morgan fingerprint density at radius 1 is 1.44 bits per heavy atom. The number of aliphatic hydroxyl groups excluding tert-OH is 1. The van der Waals surface area contributed by atoms with E-state index in [9.17, 15) is 14.7 Å². The first kappa shape index (κ1) is 13.0. The molecule has 1 saturated heterocycles. The molecule has 2 aliphatic rings. The van der Waals surface area contributed by atoms with E-state index < -0.39 is 17.5 Å². The molecule has 0 amide bonds. The van der Waals surface area contributed by atoms with Gasteiger partial charge in [-0.2, -0.15) is 0 Å². The summed E-state index contributed by atoms with van der Waals surface area (Å²) in [4.78, 5) is 23.2. The summed E-state index contributed by atoms with van der Waals surface area (Å²) in [7, 11) is 0. The number of rotatable bonds is 2. The van der Waals surface area contributed by atoms with Gasteiger partial charge < -0.3 is 19.3 Å². The van der Waals surface area contributed by atoms with E-state index in [4.69, 9.17) is 9.47 Å². The van der Waals surface area contributed by atoms with Crippen molar-refractivity contribution in [1.82, 2.24) is 0 Å². The van der Waals surface area contributed by atoms with Crippen LogP contribution in [0.25, 0.3) is 0 Å². The van der Waals surface area contributed by atoms with Gasteiger partial charge in [0, 0.05) is 24.8 Å². The van der Waals surface area contributed by atoms with Gasteiger partial charge >= 0.3 is 5.97 Å². The van der Waals surface area contributed by atoms with Crippen molar-refractivity contribution in [1.29, 1.82) is 0 Å². The fourth-order valence-corrected chi connectivity index (χ4v) is 2.19. The molecule has 0 bridgehead atoms. The number of carbonyl (C=O) groups is 2. The van der Waals surface area contributed by atoms with Gasteiger partial charge in [0.25, 0.3) is 0 Å². The SMILES string of the molecule is CCOC(=O)C(O)=C1CC2(CCC1=O)OCCO2. The minimum Gasteiger partial charge on any atom is -0.502 e. The smallest absolute Gasteiger partial charge is 0.373 e. The topological polar surface area (TPSA) is 82.1 Å². The van der Waals surface area contributed by atoms with E-state index in [-0.39, 0.29) is 30.8 Å². The highest BCUT2D eigenvalue weighted by Gasteiger charge is 2.44. The molecule has 18 heavy (non-hydrogen) atoms. The highest BCUT2D eigenvalue weighted by Crippen LogP contribution is 2.37. The van der Waals surface area contributed by atoms with Crippen molar-refractivity contribution in [3.8, 4) is 0 Å². The number of carbonyl (C=O) groups excluding carboxylic acids is 2. The molecule has 6 heteroatoms. The van der Waals surface area contributed by atoms with Crippen LogP contribution in [0, 0.1) is 0 Å². The Balaban J connectivity index is 2.21. The van der Waals surface area contributed by atoms with Crippen LogP contribution < -0.4 is 0 Å². The van der Waals surface area contributed by atoms with Crippen molar-refractivity contribution in [2.75, 3.05) is 19.8 Å². The van der Waals surface area contributed by atoms with Crippen molar-refractivity contribution in [2.24, 2.45) is 0 Å². The Morgan fingerprint density at radius 2 is 2.11 bits per heavy atom. The van der Waals surface area contributed by atoms with Crippen LogP contribution in [0.3, 0.4) is 0 Å². The van der Waals surface area contributed by atoms with Gasteiger partial charge in [0.15, 0.2) is 11.6 Å². The van der Waals surface area contributed by atoms with E-state index in [1.807, 2.05) is 0 Å². The van der Waals surface area contributed by atoms with Gasteiger partial charge in [-0.1, -0.05) is 0 Å². The Morgan fingerprint density at radius 3 is 2.72 bits per heavy atom. The maximum atomic E-state index is 11.7. The monoisotopic (exact) mass is 256 g/mol. The summed E-state index contributed by atoms with van der Waals surface area (Å²) in [6.07, 6.45) is 0.737. The van der Waals surface area contributed by atoms with Crippen LogP contribution in [-0.2, 0) is 23.8 Å². The summed E-state index contributed by atoms with van der Waals surface area (Å²) in [5, 5.41) is 9.76. The maximum absolute atomic E-state index is 11.7. The number of ketones is 1. The largest absolute Gasteiger partial charge is 0.502 e. The van der Waals surface area contributed by atoms with E-state index in [0.717, 1.165) is 0 Å². The van der Waals surface area contributed by atoms with Gasteiger partial charge in [-0.05, 0) is 6.92 Å². The molecule has 1 N–H and O–H groups in total. The molecular formula is C12H16O6. The molecule has 2 fully saturated rings. The Labute approximate surface area is 105 Å². The predicted octanol–water partition coefficient (Wildman–Crippen LogP) is 0.858. The lowest BCUT2D eigenvalue weighted by Gasteiger charge is -2.32. The highest BCUT2D eigenvalue weighted by molar-refractivity contribution is 6.03. The highest BCUT2D eigenvalue weighted by atomic mass is 16.7. The van der Waals surface area contributed by atoms with Gasteiger partial charge in [-0.15, -0.1) is 0 Å². The Kier molecular flexibility index (Phi) is 3.68. The molecule has 0 radical (unpaired) electrons. The molecule has 2 rings (SSSR count). The number of aliphatic hydroxyl groups is 1. The Hall–Kier alpha value is -1.40. The van der Waals surface area contributed by atoms with E-state index in [2.05, 4.69) is 4.74 Å². The molecule has 6 nitrogen and oxygen atoms in total.